The lowest BCUT2D eigenvalue weighted by Gasteiger charge is -2.12. The van der Waals surface area contributed by atoms with E-state index < -0.39 is 0 Å². The summed E-state index contributed by atoms with van der Waals surface area (Å²) >= 11 is 3.36. The van der Waals surface area contributed by atoms with Crippen molar-refractivity contribution < 1.29 is 14.3 Å². The molecule has 0 saturated heterocycles. The van der Waals surface area contributed by atoms with Crippen LogP contribution in [0.1, 0.15) is 38.5 Å². The van der Waals surface area contributed by atoms with E-state index in [4.69, 9.17) is 4.74 Å². The lowest BCUT2D eigenvalue weighted by atomic mass is 10.2. The Labute approximate surface area is 145 Å². The molecule has 0 atom stereocenters. The zero-order chi connectivity index (χ0) is 16.5. The second kappa shape index (κ2) is 9.55. The summed E-state index contributed by atoms with van der Waals surface area (Å²) in [6.07, 6.45) is 5.14. The van der Waals surface area contributed by atoms with Crippen LogP contribution in [-0.4, -0.2) is 31.0 Å². The van der Waals surface area contributed by atoms with Crippen LogP contribution in [0, 0.1) is 0 Å². The molecule has 1 fully saturated rings. The third-order valence-electron chi connectivity index (χ3n) is 3.79. The van der Waals surface area contributed by atoms with Gasteiger partial charge in [0.25, 0.3) is 0 Å². The van der Waals surface area contributed by atoms with Gasteiger partial charge in [0, 0.05) is 23.5 Å². The van der Waals surface area contributed by atoms with E-state index in [0.29, 0.717) is 25.6 Å². The van der Waals surface area contributed by atoms with Gasteiger partial charge in [0.2, 0.25) is 11.8 Å². The number of carbonyl (C=O) groups excluding carboxylic acids is 2. The number of carbonyl (C=O) groups is 2. The molecular formula is C17H23BrN2O3. The quantitative estimate of drug-likeness (QED) is 0.726. The number of hydrogen-bond acceptors (Lipinski definition) is 3. The molecule has 1 aliphatic rings. The molecule has 5 nitrogen and oxygen atoms in total. The second-order valence-corrected chi connectivity index (χ2v) is 6.62. The lowest BCUT2D eigenvalue weighted by Crippen LogP contribution is -2.35. The summed E-state index contributed by atoms with van der Waals surface area (Å²) in [7, 11) is 0. The van der Waals surface area contributed by atoms with Gasteiger partial charge in [-0.3, -0.25) is 9.59 Å². The second-order valence-electron chi connectivity index (χ2n) is 5.70. The first-order chi connectivity index (χ1) is 11.1. The van der Waals surface area contributed by atoms with Gasteiger partial charge >= 0.3 is 0 Å². The van der Waals surface area contributed by atoms with Crippen LogP contribution in [-0.2, 0) is 9.59 Å². The Bertz CT molecular complexity index is 530. The van der Waals surface area contributed by atoms with Crippen molar-refractivity contribution in [3.63, 3.8) is 0 Å². The molecule has 2 amide bonds. The maximum atomic E-state index is 11.7. The normalized spacial score (nSPS) is 14.5. The highest BCUT2D eigenvalue weighted by atomic mass is 79.9. The van der Waals surface area contributed by atoms with Gasteiger partial charge in [0.05, 0.1) is 13.0 Å². The van der Waals surface area contributed by atoms with Crippen molar-refractivity contribution in [1.82, 2.24) is 10.6 Å². The zero-order valence-electron chi connectivity index (χ0n) is 13.1. The minimum atomic E-state index is -0.103. The molecule has 0 aromatic heterocycles. The average molecular weight is 383 g/mol. The van der Waals surface area contributed by atoms with Crippen molar-refractivity contribution in [2.75, 3.05) is 13.2 Å². The lowest BCUT2D eigenvalue weighted by molar-refractivity contribution is -0.122. The molecule has 2 N–H and O–H groups in total. The van der Waals surface area contributed by atoms with E-state index in [-0.39, 0.29) is 18.2 Å². The van der Waals surface area contributed by atoms with Gasteiger partial charge in [-0.05, 0) is 31.0 Å². The van der Waals surface area contributed by atoms with Crippen LogP contribution in [0.2, 0.25) is 0 Å². The van der Waals surface area contributed by atoms with Crippen molar-refractivity contribution in [3.8, 4) is 5.75 Å². The molecule has 126 valence electrons. The van der Waals surface area contributed by atoms with E-state index in [0.717, 1.165) is 23.1 Å². The van der Waals surface area contributed by atoms with Gasteiger partial charge in [-0.1, -0.05) is 34.8 Å². The fraction of sp³-hybridized carbons (Fsp3) is 0.529. The van der Waals surface area contributed by atoms with Crippen LogP contribution in [0.25, 0.3) is 0 Å². The SMILES string of the molecule is O=C(CCOc1cccc(Br)c1)NCCC(=O)NC1CCCC1. The predicted octanol–water partition coefficient (Wildman–Crippen LogP) is 2.78. The minimum absolute atomic E-state index is 0.0163. The van der Waals surface area contributed by atoms with E-state index in [1.165, 1.54) is 12.8 Å². The Morgan fingerprint density at radius 3 is 2.70 bits per heavy atom. The molecular weight excluding hydrogens is 360 g/mol. The third-order valence-corrected chi connectivity index (χ3v) is 4.28. The molecule has 23 heavy (non-hydrogen) atoms. The minimum Gasteiger partial charge on any atom is -0.493 e. The predicted molar refractivity (Wildman–Crippen MR) is 92.3 cm³/mol. The highest BCUT2D eigenvalue weighted by Gasteiger charge is 2.16. The van der Waals surface area contributed by atoms with Crippen LogP contribution in [0.4, 0.5) is 0 Å². The van der Waals surface area contributed by atoms with Crippen molar-refractivity contribution in [3.05, 3.63) is 28.7 Å². The summed E-state index contributed by atoms with van der Waals surface area (Å²) in [4.78, 5) is 23.4. The largest absolute Gasteiger partial charge is 0.493 e. The van der Waals surface area contributed by atoms with E-state index in [9.17, 15) is 9.59 Å². The van der Waals surface area contributed by atoms with Crippen molar-refractivity contribution in [2.45, 2.75) is 44.6 Å². The Kier molecular flexibility index (Phi) is 7.39. The van der Waals surface area contributed by atoms with Crippen molar-refractivity contribution >= 4 is 27.7 Å². The fourth-order valence-corrected chi connectivity index (χ4v) is 2.97. The number of halogens is 1. The zero-order valence-corrected chi connectivity index (χ0v) is 14.7. The first kappa shape index (κ1) is 17.8. The Morgan fingerprint density at radius 1 is 1.17 bits per heavy atom. The molecule has 2 rings (SSSR count). The molecule has 0 radical (unpaired) electrons. The monoisotopic (exact) mass is 382 g/mol. The molecule has 0 aliphatic heterocycles. The van der Waals surface area contributed by atoms with Crippen LogP contribution < -0.4 is 15.4 Å². The van der Waals surface area contributed by atoms with Gasteiger partial charge < -0.3 is 15.4 Å². The van der Waals surface area contributed by atoms with Crippen LogP contribution in [0.5, 0.6) is 5.75 Å². The van der Waals surface area contributed by atoms with Crippen LogP contribution in [0.15, 0.2) is 28.7 Å². The fourth-order valence-electron chi connectivity index (χ4n) is 2.59. The van der Waals surface area contributed by atoms with Gasteiger partial charge in [0.15, 0.2) is 0 Å². The van der Waals surface area contributed by atoms with Crippen LogP contribution >= 0.6 is 15.9 Å². The number of rotatable bonds is 8. The first-order valence-electron chi connectivity index (χ1n) is 8.08. The van der Waals surface area contributed by atoms with Gasteiger partial charge in [0.1, 0.15) is 5.75 Å². The molecule has 1 aliphatic carbocycles. The Balaban J connectivity index is 1.53. The van der Waals surface area contributed by atoms with Crippen molar-refractivity contribution in [1.29, 1.82) is 0 Å². The number of amides is 2. The topological polar surface area (TPSA) is 67.4 Å². The molecule has 0 unspecified atom stereocenters. The van der Waals surface area contributed by atoms with Crippen molar-refractivity contribution in [2.24, 2.45) is 0 Å². The number of benzene rings is 1. The molecule has 0 bridgehead atoms. The maximum Gasteiger partial charge on any atom is 0.223 e. The van der Waals surface area contributed by atoms with Gasteiger partial charge in [-0.2, -0.15) is 0 Å². The summed E-state index contributed by atoms with van der Waals surface area (Å²) < 4.78 is 6.44. The first-order valence-corrected chi connectivity index (χ1v) is 8.87. The number of hydrogen-bond donors (Lipinski definition) is 2. The van der Waals surface area contributed by atoms with E-state index in [1.807, 2.05) is 24.3 Å². The number of nitrogens with one attached hydrogen (secondary N) is 2. The van der Waals surface area contributed by atoms with Gasteiger partial charge in [-0.25, -0.2) is 0 Å². The van der Waals surface area contributed by atoms with Gasteiger partial charge in [-0.15, -0.1) is 0 Å². The Morgan fingerprint density at radius 2 is 1.96 bits per heavy atom. The summed E-state index contributed by atoms with van der Waals surface area (Å²) in [6.45, 7) is 0.685. The Hall–Kier alpha value is -1.56. The molecule has 1 aromatic carbocycles. The van der Waals surface area contributed by atoms with E-state index >= 15 is 0 Å². The summed E-state index contributed by atoms with van der Waals surface area (Å²) in [5.41, 5.74) is 0. The van der Waals surface area contributed by atoms with E-state index in [1.54, 1.807) is 0 Å². The molecule has 1 saturated carbocycles. The summed E-state index contributed by atoms with van der Waals surface area (Å²) in [5, 5.41) is 5.75. The summed E-state index contributed by atoms with van der Waals surface area (Å²) in [6, 6.07) is 7.82. The molecule has 0 spiro atoms. The third kappa shape index (κ3) is 7.03. The molecule has 6 heteroatoms. The molecule has 1 aromatic rings. The molecule has 0 heterocycles. The average Bonchev–Trinajstić information content (AvgIpc) is 3.00. The maximum absolute atomic E-state index is 11.7. The van der Waals surface area contributed by atoms with E-state index in [2.05, 4.69) is 26.6 Å². The van der Waals surface area contributed by atoms with Crippen LogP contribution in [0.3, 0.4) is 0 Å². The number of ether oxygens (including phenoxy) is 1. The highest BCUT2D eigenvalue weighted by Crippen LogP contribution is 2.18. The standard InChI is InChI=1S/C17H23BrN2O3/c18-13-4-3-7-15(12-13)23-11-9-16(21)19-10-8-17(22)20-14-5-1-2-6-14/h3-4,7,12,14H,1-2,5-6,8-11H2,(H,19,21)(H,20,22). The smallest absolute Gasteiger partial charge is 0.223 e. The highest BCUT2D eigenvalue weighted by molar-refractivity contribution is 9.10. The summed E-state index contributed by atoms with van der Waals surface area (Å²) in [5.74, 6) is 0.638.